The van der Waals surface area contributed by atoms with Gasteiger partial charge in [-0.05, 0) is 84.1 Å². The van der Waals surface area contributed by atoms with Crippen LogP contribution in [0.5, 0.6) is 11.5 Å². The maximum Gasteiger partial charge on any atom is 0.319 e. The Morgan fingerprint density at radius 1 is 0.882 bits per heavy atom. The van der Waals surface area contributed by atoms with Crippen molar-refractivity contribution in [2.75, 3.05) is 26.1 Å². The lowest BCUT2D eigenvalue weighted by Gasteiger charge is -2.15. The summed E-state index contributed by atoms with van der Waals surface area (Å²) in [4.78, 5) is 10.7. The van der Waals surface area contributed by atoms with E-state index in [1.807, 2.05) is 30.3 Å². The van der Waals surface area contributed by atoms with Crippen LogP contribution in [-0.2, 0) is 26.0 Å². The SMILES string of the molecule is COCCOc1cc(C)c(-c2cccc(COc3ccc(S(=O)(=O)CC(=O)O)cc3)c2)c(C)c1. The molecule has 180 valence electrons. The molecule has 3 rings (SSSR count). The maximum absolute atomic E-state index is 12.0. The lowest BCUT2D eigenvalue weighted by Crippen LogP contribution is -2.15. The summed E-state index contributed by atoms with van der Waals surface area (Å²) in [6.07, 6.45) is 0. The highest BCUT2D eigenvalue weighted by molar-refractivity contribution is 7.92. The van der Waals surface area contributed by atoms with E-state index in [4.69, 9.17) is 19.3 Å². The van der Waals surface area contributed by atoms with Crippen LogP contribution in [-0.4, -0.2) is 45.6 Å². The van der Waals surface area contributed by atoms with Crippen molar-refractivity contribution in [2.24, 2.45) is 0 Å². The van der Waals surface area contributed by atoms with E-state index in [9.17, 15) is 13.2 Å². The topological polar surface area (TPSA) is 99.1 Å². The fourth-order valence-corrected chi connectivity index (χ4v) is 4.72. The first-order valence-electron chi connectivity index (χ1n) is 10.7. The van der Waals surface area contributed by atoms with Crippen LogP contribution in [0.3, 0.4) is 0 Å². The quantitative estimate of drug-likeness (QED) is 0.402. The molecule has 3 aromatic rings. The Labute approximate surface area is 199 Å². The van der Waals surface area contributed by atoms with Crippen molar-refractivity contribution in [3.63, 3.8) is 0 Å². The summed E-state index contributed by atoms with van der Waals surface area (Å²) in [5.41, 5.74) is 5.36. The number of methoxy groups -OCH3 is 1. The van der Waals surface area contributed by atoms with Crippen molar-refractivity contribution < 1.29 is 32.5 Å². The number of sulfone groups is 1. The maximum atomic E-state index is 12.0. The molecular weight excluding hydrogens is 456 g/mol. The Balaban J connectivity index is 1.71. The molecule has 0 saturated carbocycles. The summed E-state index contributed by atoms with van der Waals surface area (Å²) in [5.74, 6) is -1.04. The molecule has 0 bridgehead atoms. The van der Waals surface area contributed by atoms with Crippen molar-refractivity contribution in [3.05, 3.63) is 77.4 Å². The van der Waals surface area contributed by atoms with Gasteiger partial charge >= 0.3 is 5.97 Å². The first kappa shape index (κ1) is 25.3. The summed E-state index contributed by atoms with van der Waals surface area (Å²) >= 11 is 0. The number of carboxylic acid groups (broad SMARTS) is 1. The third-order valence-electron chi connectivity index (χ3n) is 5.18. The van der Waals surface area contributed by atoms with E-state index in [1.165, 1.54) is 24.3 Å². The van der Waals surface area contributed by atoms with E-state index in [1.54, 1.807) is 7.11 Å². The largest absolute Gasteiger partial charge is 0.491 e. The van der Waals surface area contributed by atoms with Crippen LogP contribution >= 0.6 is 0 Å². The number of benzene rings is 3. The van der Waals surface area contributed by atoms with Gasteiger partial charge in [-0.1, -0.05) is 18.2 Å². The van der Waals surface area contributed by atoms with E-state index < -0.39 is 21.6 Å². The standard InChI is InChI=1S/C26H28O7S/c1-18-13-23(32-12-11-31-3)14-19(2)26(18)21-6-4-5-20(15-21)16-33-22-7-9-24(10-8-22)34(29,30)17-25(27)28/h4-10,13-15H,11-12,16-17H2,1-3H3,(H,27,28). The van der Waals surface area contributed by atoms with Gasteiger partial charge < -0.3 is 19.3 Å². The predicted octanol–water partition coefficient (Wildman–Crippen LogP) is 4.43. The summed E-state index contributed by atoms with van der Waals surface area (Å²) < 4.78 is 40.6. The summed E-state index contributed by atoms with van der Waals surface area (Å²) in [6, 6.07) is 17.8. The molecule has 1 N–H and O–H groups in total. The second-order valence-corrected chi connectivity index (χ2v) is 9.88. The smallest absolute Gasteiger partial charge is 0.319 e. The Morgan fingerprint density at radius 2 is 1.56 bits per heavy atom. The predicted molar refractivity (Wildman–Crippen MR) is 129 cm³/mol. The molecule has 0 heterocycles. The van der Waals surface area contributed by atoms with Crippen molar-refractivity contribution in [2.45, 2.75) is 25.3 Å². The zero-order chi connectivity index (χ0) is 24.7. The van der Waals surface area contributed by atoms with Crippen LogP contribution in [0.15, 0.2) is 65.6 Å². The van der Waals surface area contributed by atoms with Gasteiger partial charge in [0.1, 0.15) is 24.7 Å². The molecule has 0 fully saturated rings. The number of hydrogen-bond acceptors (Lipinski definition) is 6. The van der Waals surface area contributed by atoms with Crippen molar-refractivity contribution >= 4 is 15.8 Å². The normalized spacial score (nSPS) is 11.3. The second-order valence-electron chi connectivity index (χ2n) is 7.89. The van der Waals surface area contributed by atoms with Crippen LogP contribution in [0.2, 0.25) is 0 Å². The highest BCUT2D eigenvalue weighted by atomic mass is 32.2. The summed E-state index contributed by atoms with van der Waals surface area (Å²) in [7, 11) is -2.23. The van der Waals surface area contributed by atoms with Crippen LogP contribution in [0, 0.1) is 13.8 Å². The third kappa shape index (κ3) is 6.59. The van der Waals surface area contributed by atoms with E-state index in [-0.39, 0.29) is 4.90 Å². The molecular formula is C26H28O7S. The van der Waals surface area contributed by atoms with Crippen molar-refractivity contribution in [1.29, 1.82) is 0 Å². The number of aryl methyl sites for hydroxylation is 2. The zero-order valence-electron chi connectivity index (χ0n) is 19.4. The van der Waals surface area contributed by atoms with E-state index in [2.05, 4.69) is 19.9 Å². The van der Waals surface area contributed by atoms with Gasteiger partial charge in [0.2, 0.25) is 0 Å². The number of carbonyl (C=O) groups is 1. The molecule has 0 saturated heterocycles. The number of ether oxygens (including phenoxy) is 3. The van der Waals surface area contributed by atoms with Gasteiger partial charge in [-0.25, -0.2) is 8.42 Å². The zero-order valence-corrected chi connectivity index (χ0v) is 20.2. The molecule has 3 aromatic carbocycles. The van der Waals surface area contributed by atoms with Gasteiger partial charge in [0.25, 0.3) is 0 Å². The summed E-state index contributed by atoms with van der Waals surface area (Å²) in [6.45, 7) is 5.42. The van der Waals surface area contributed by atoms with Gasteiger partial charge in [0, 0.05) is 7.11 Å². The molecule has 0 radical (unpaired) electrons. The van der Waals surface area contributed by atoms with E-state index in [0.29, 0.717) is 25.6 Å². The average molecular weight is 485 g/mol. The minimum Gasteiger partial charge on any atom is -0.491 e. The fraction of sp³-hybridized carbons (Fsp3) is 0.269. The average Bonchev–Trinajstić information content (AvgIpc) is 2.77. The number of hydrogen-bond donors (Lipinski definition) is 1. The lowest BCUT2D eigenvalue weighted by molar-refractivity contribution is -0.134. The highest BCUT2D eigenvalue weighted by Gasteiger charge is 2.18. The Hall–Kier alpha value is -3.36. The molecule has 7 nitrogen and oxygen atoms in total. The highest BCUT2D eigenvalue weighted by Crippen LogP contribution is 2.32. The monoisotopic (exact) mass is 484 g/mol. The van der Waals surface area contributed by atoms with Crippen LogP contribution in [0.1, 0.15) is 16.7 Å². The minimum absolute atomic E-state index is 0.0511. The summed E-state index contributed by atoms with van der Waals surface area (Å²) in [5, 5.41) is 8.76. The number of aliphatic carboxylic acids is 1. The van der Waals surface area contributed by atoms with Gasteiger partial charge in [-0.15, -0.1) is 0 Å². The molecule has 0 atom stereocenters. The first-order valence-corrected chi connectivity index (χ1v) is 12.3. The Bertz CT molecular complexity index is 1230. The fourth-order valence-electron chi connectivity index (χ4n) is 3.68. The third-order valence-corrected chi connectivity index (χ3v) is 6.80. The second kappa shape index (κ2) is 11.2. The molecule has 0 aromatic heterocycles. The number of rotatable bonds is 11. The molecule has 0 amide bonds. The Kier molecular flexibility index (Phi) is 8.31. The Morgan fingerprint density at radius 3 is 2.18 bits per heavy atom. The van der Waals surface area contributed by atoms with Gasteiger partial charge in [0.05, 0.1) is 11.5 Å². The molecule has 0 spiro atoms. The van der Waals surface area contributed by atoms with Gasteiger partial charge in [-0.3, -0.25) is 4.79 Å². The number of carboxylic acids is 1. The van der Waals surface area contributed by atoms with Gasteiger partial charge in [0.15, 0.2) is 15.6 Å². The van der Waals surface area contributed by atoms with E-state index >= 15 is 0 Å². The van der Waals surface area contributed by atoms with Crippen molar-refractivity contribution in [3.8, 4) is 22.6 Å². The minimum atomic E-state index is -3.87. The van der Waals surface area contributed by atoms with E-state index in [0.717, 1.165) is 33.6 Å². The molecule has 0 aliphatic heterocycles. The lowest BCUT2D eigenvalue weighted by atomic mass is 9.94. The molecule has 0 unspecified atom stereocenters. The first-order chi connectivity index (χ1) is 16.2. The van der Waals surface area contributed by atoms with Gasteiger partial charge in [-0.2, -0.15) is 0 Å². The van der Waals surface area contributed by atoms with Crippen LogP contribution < -0.4 is 9.47 Å². The van der Waals surface area contributed by atoms with Crippen molar-refractivity contribution in [1.82, 2.24) is 0 Å². The molecule has 0 aliphatic carbocycles. The van der Waals surface area contributed by atoms with Crippen LogP contribution in [0.4, 0.5) is 0 Å². The van der Waals surface area contributed by atoms with Crippen LogP contribution in [0.25, 0.3) is 11.1 Å². The molecule has 34 heavy (non-hydrogen) atoms. The molecule has 8 heteroatoms. The molecule has 0 aliphatic rings.